The van der Waals surface area contributed by atoms with Gasteiger partial charge in [-0.25, -0.2) is 0 Å². The van der Waals surface area contributed by atoms with Crippen LogP contribution in [0.3, 0.4) is 0 Å². The summed E-state index contributed by atoms with van der Waals surface area (Å²) in [5, 5.41) is 3.46. The summed E-state index contributed by atoms with van der Waals surface area (Å²) in [5.74, 6) is 0.942. The number of para-hydroxylation sites is 1. The minimum absolute atomic E-state index is 0. The summed E-state index contributed by atoms with van der Waals surface area (Å²) < 4.78 is 5.85. The van der Waals surface area contributed by atoms with Crippen LogP contribution in [0.2, 0.25) is 0 Å². The minimum atomic E-state index is 0. The molecule has 4 heteroatoms. The summed E-state index contributed by atoms with van der Waals surface area (Å²) in [6.45, 7) is 2.60. The Morgan fingerprint density at radius 3 is 2.47 bits per heavy atom. The number of nitrogens with one attached hydrogen (secondary N) is 1. The first kappa shape index (κ1) is 16.7. The van der Waals surface area contributed by atoms with E-state index in [1.54, 1.807) is 0 Å². The van der Waals surface area contributed by atoms with Crippen LogP contribution in [0.25, 0.3) is 0 Å². The van der Waals surface area contributed by atoms with Crippen LogP contribution in [-0.2, 0) is 0 Å². The normalized spacial score (nSPS) is 17.5. The van der Waals surface area contributed by atoms with Crippen LogP contribution in [0.5, 0.6) is 5.75 Å². The van der Waals surface area contributed by atoms with Gasteiger partial charge in [-0.05, 0) is 25.0 Å². The van der Waals surface area contributed by atoms with Crippen molar-refractivity contribution in [3.63, 3.8) is 0 Å². The molecule has 0 radical (unpaired) electrons. The average Bonchev–Trinajstić information content (AvgIpc) is 2.40. The zero-order valence-corrected chi connectivity index (χ0v) is 13.0. The third kappa shape index (κ3) is 6.07. The third-order valence-corrected chi connectivity index (χ3v) is 4.13. The second-order valence-corrected chi connectivity index (χ2v) is 6.07. The quantitative estimate of drug-likeness (QED) is 0.617. The van der Waals surface area contributed by atoms with Gasteiger partial charge in [0.05, 0.1) is 0 Å². The number of halogens is 1. The van der Waals surface area contributed by atoms with Crippen molar-refractivity contribution in [2.75, 3.05) is 19.7 Å². The highest BCUT2D eigenvalue weighted by Crippen LogP contribution is 2.32. The second-order valence-electron chi connectivity index (χ2n) is 5.12. The first-order valence-electron chi connectivity index (χ1n) is 6.89. The molecule has 2 nitrogen and oxygen atoms in total. The van der Waals surface area contributed by atoms with Gasteiger partial charge in [0, 0.05) is 17.8 Å². The molecule has 0 heterocycles. The Balaban J connectivity index is 0.00000180. The summed E-state index contributed by atoms with van der Waals surface area (Å²) in [4.78, 5) is 0. The van der Waals surface area contributed by atoms with Crippen molar-refractivity contribution >= 4 is 25.0 Å². The molecule has 0 amide bonds. The summed E-state index contributed by atoms with van der Waals surface area (Å²) in [6.07, 6.45) is 6.50. The van der Waals surface area contributed by atoms with E-state index >= 15 is 0 Å². The van der Waals surface area contributed by atoms with Gasteiger partial charge in [-0.15, -0.1) is 12.4 Å². The van der Waals surface area contributed by atoms with Gasteiger partial charge < -0.3 is 10.1 Å². The van der Waals surface area contributed by atoms with Crippen LogP contribution in [0, 0.1) is 0 Å². The maximum Gasteiger partial charge on any atom is 0.119 e. The first-order valence-corrected chi connectivity index (χ1v) is 7.34. The van der Waals surface area contributed by atoms with Gasteiger partial charge in [0.15, 0.2) is 0 Å². The highest BCUT2D eigenvalue weighted by molar-refractivity contribution is 7.81. The SMILES string of the molecule is Cl.SC1(CNCCOc2ccccc2)CCCCC1. The molecule has 0 aromatic heterocycles. The molecule has 1 N–H and O–H groups in total. The van der Waals surface area contributed by atoms with Crippen LogP contribution in [-0.4, -0.2) is 24.4 Å². The maximum absolute atomic E-state index is 5.64. The smallest absolute Gasteiger partial charge is 0.119 e. The highest BCUT2D eigenvalue weighted by atomic mass is 35.5. The lowest BCUT2D eigenvalue weighted by Crippen LogP contribution is -2.39. The number of rotatable bonds is 6. The van der Waals surface area contributed by atoms with Crippen molar-refractivity contribution in [2.24, 2.45) is 0 Å². The molecule has 0 spiro atoms. The molecule has 1 aliphatic rings. The number of hydrogen-bond donors (Lipinski definition) is 2. The second kappa shape index (κ2) is 8.72. The van der Waals surface area contributed by atoms with Crippen molar-refractivity contribution in [1.82, 2.24) is 5.32 Å². The van der Waals surface area contributed by atoms with Crippen molar-refractivity contribution in [3.05, 3.63) is 30.3 Å². The van der Waals surface area contributed by atoms with E-state index in [2.05, 4.69) is 5.32 Å². The van der Waals surface area contributed by atoms with Gasteiger partial charge in [0.25, 0.3) is 0 Å². The molecule has 0 saturated heterocycles. The predicted molar refractivity (Wildman–Crippen MR) is 86.9 cm³/mol. The van der Waals surface area contributed by atoms with E-state index in [1.807, 2.05) is 30.3 Å². The fraction of sp³-hybridized carbons (Fsp3) is 0.600. The van der Waals surface area contributed by atoms with Crippen LogP contribution >= 0.6 is 25.0 Å². The van der Waals surface area contributed by atoms with Gasteiger partial charge >= 0.3 is 0 Å². The van der Waals surface area contributed by atoms with E-state index in [4.69, 9.17) is 17.4 Å². The Hall–Kier alpha value is -0.380. The number of hydrogen-bond acceptors (Lipinski definition) is 3. The molecule has 1 aromatic rings. The van der Waals surface area contributed by atoms with E-state index in [-0.39, 0.29) is 17.2 Å². The predicted octanol–water partition coefficient (Wildman–Crippen LogP) is 3.71. The molecular formula is C15H24ClNOS. The zero-order chi connectivity index (χ0) is 12.7. The van der Waals surface area contributed by atoms with Gasteiger partial charge in [-0.2, -0.15) is 12.6 Å². The van der Waals surface area contributed by atoms with E-state index in [9.17, 15) is 0 Å². The topological polar surface area (TPSA) is 21.3 Å². The van der Waals surface area contributed by atoms with E-state index in [1.165, 1.54) is 32.1 Å². The third-order valence-electron chi connectivity index (χ3n) is 3.53. The molecule has 108 valence electrons. The lowest BCUT2D eigenvalue weighted by atomic mass is 9.88. The summed E-state index contributed by atoms with van der Waals surface area (Å²) >= 11 is 4.82. The average molecular weight is 302 g/mol. The molecular weight excluding hydrogens is 278 g/mol. The largest absolute Gasteiger partial charge is 0.492 e. The standard InChI is InChI=1S/C15H23NOS.ClH/c18-15(9-5-2-6-10-15)13-16-11-12-17-14-7-3-1-4-8-14;/h1,3-4,7-8,16,18H,2,5-6,9-13H2;1H. The van der Waals surface area contributed by atoms with Crippen LogP contribution in [0.4, 0.5) is 0 Å². The van der Waals surface area contributed by atoms with Gasteiger partial charge in [0.2, 0.25) is 0 Å². The molecule has 1 aromatic carbocycles. The zero-order valence-electron chi connectivity index (χ0n) is 11.3. The summed E-state index contributed by atoms with van der Waals surface area (Å²) in [7, 11) is 0. The van der Waals surface area contributed by atoms with Gasteiger partial charge in [0.1, 0.15) is 12.4 Å². The highest BCUT2D eigenvalue weighted by Gasteiger charge is 2.26. The summed E-state index contributed by atoms with van der Waals surface area (Å²) in [5.41, 5.74) is 0. The van der Waals surface area contributed by atoms with Gasteiger partial charge in [-0.1, -0.05) is 37.5 Å². The van der Waals surface area contributed by atoms with Crippen molar-refractivity contribution in [1.29, 1.82) is 0 Å². The van der Waals surface area contributed by atoms with E-state index in [0.29, 0.717) is 6.61 Å². The van der Waals surface area contributed by atoms with Crippen molar-refractivity contribution in [2.45, 2.75) is 36.9 Å². The molecule has 1 saturated carbocycles. The lowest BCUT2D eigenvalue weighted by molar-refractivity contribution is 0.304. The molecule has 19 heavy (non-hydrogen) atoms. The Kier molecular flexibility index (Phi) is 7.66. The Bertz CT molecular complexity index is 341. The Morgan fingerprint density at radius 1 is 1.11 bits per heavy atom. The number of benzene rings is 1. The number of thiol groups is 1. The molecule has 0 aliphatic heterocycles. The molecule has 0 bridgehead atoms. The Labute approximate surface area is 128 Å². The molecule has 1 fully saturated rings. The first-order chi connectivity index (χ1) is 8.79. The molecule has 1 aliphatic carbocycles. The molecule has 0 unspecified atom stereocenters. The van der Waals surface area contributed by atoms with Crippen molar-refractivity contribution in [3.8, 4) is 5.75 Å². The monoisotopic (exact) mass is 301 g/mol. The minimum Gasteiger partial charge on any atom is -0.492 e. The van der Waals surface area contributed by atoms with E-state index < -0.39 is 0 Å². The van der Waals surface area contributed by atoms with E-state index in [0.717, 1.165) is 18.8 Å². The van der Waals surface area contributed by atoms with Crippen LogP contribution in [0.1, 0.15) is 32.1 Å². The fourth-order valence-corrected chi connectivity index (χ4v) is 2.89. The molecule has 0 atom stereocenters. The molecule has 2 rings (SSSR count). The number of ether oxygens (including phenoxy) is 1. The lowest BCUT2D eigenvalue weighted by Gasteiger charge is -2.32. The summed E-state index contributed by atoms with van der Waals surface area (Å²) in [6, 6.07) is 9.96. The fourth-order valence-electron chi connectivity index (χ4n) is 2.47. The Morgan fingerprint density at radius 2 is 1.79 bits per heavy atom. The van der Waals surface area contributed by atoms with Gasteiger partial charge in [-0.3, -0.25) is 0 Å². The van der Waals surface area contributed by atoms with Crippen LogP contribution < -0.4 is 10.1 Å². The van der Waals surface area contributed by atoms with Crippen molar-refractivity contribution < 1.29 is 4.74 Å². The van der Waals surface area contributed by atoms with Crippen LogP contribution in [0.15, 0.2) is 30.3 Å². The maximum atomic E-state index is 5.64.